The van der Waals surface area contributed by atoms with Crippen LogP contribution in [0.25, 0.3) is 0 Å². The standard InChI is InChI=1S/C22H36N4O.HI/c1-23-22(24-12-11-19-7-3-2-4-8-19)25-17-20-9-5-6-10-21(20)18-26-13-15-27-16-14-26;/h5-6,9-10,19H,2-4,7-8,11-18H2,1H3,(H2,23,24,25);1H. The molecule has 0 spiro atoms. The van der Waals surface area contributed by atoms with Gasteiger partial charge in [-0.3, -0.25) is 9.89 Å². The predicted molar refractivity (Wildman–Crippen MR) is 127 cm³/mol. The third-order valence-electron chi connectivity index (χ3n) is 5.86. The van der Waals surface area contributed by atoms with Gasteiger partial charge < -0.3 is 15.4 Å². The number of hydrogen-bond donors (Lipinski definition) is 2. The molecular formula is C22H37IN4O. The molecule has 1 aromatic carbocycles. The van der Waals surface area contributed by atoms with Crippen LogP contribution in [0, 0.1) is 5.92 Å². The maximum atomic E-state index is 5.46. The molecule has 0 bridgehead atoms. The topological polar surface area (TPSA) is 48.9 Å². The van der Waals surface area contributed by atoms with Crippen molar-refractivity contribution in [1.29, 1.82) is 0 Å². The quantitative estimate of drug-likeness (QED) is 0.340. The first-order chi connectivity index (χ1) is 13.3. The van der Waals surface area contributed by atoms with E-state index in [-0.39, 0.29) is 24.0 Å². The number of hydrogen-bond acceptors (Lipinski definition) is 3. The van der Waals surface area contributed by atoms with Gasteiger partial charge in [-0.25, -0.2) is 0 Å². The van der Waals surface area contributed by atoms with Crippen LogP contribution < -0.4 is 10.6 Å². The normalized spacial score (nSPS) is 19.1. The summed E-state index contributed by atoms with van der Waals surface area (Å²) in [4.78, 5) is 6.87. The van der Waals surface area contributed by atoms with E-state index in [1.807, 2.05) is 7.05 Å². The van der Waals surface area contributed by atoms with Crippen LogP contribution >= 0.6 is 24.0 Å². The van der Waals surface area contributed by atoms with E-state index in [1.165, 1.54) is 49.7 Å². The second-order valence-electron chi connectivity index (χ2n) is 7.80. The maximum Gasteiger partial charge on any atom is 0.191 e. The van der Waals surface area contributed by atoms with Gasteiger partial charge in [0.1, 0.15) is 0 Å². The smallest absolute Gasteiger partial charge is 0.191 e. The zero-order chi connectivity index (χ0) is 18.7. The molecular weight excluding hydrogens is 463 g/mol. The molecule has 1 saturated carbocycles. The van der Waals surface area contributed by atoms with E-state index in [1.54, 1.807) is 0 Å². The number of rotatable bonds is 7. The lowest BCUT2D eigenvalue weighted by molar-refractivity contribution is 0.0341. The van der Waals surface area contributed by atoms with Crippen LogP contribution in [0.3, 0.4) is 0 Å². The molecule has 0 aromatic heterocycles. The Kier molecular flexibility index (Phi) is 11.2. The molecule has 0 radical (unpaired) electrons. The summed E-state index contributed by atoms with van der Waals surface area (Å²) in [6.45, 7) is 6.55. The fraction of sp³-hybridized carbons (Fsp3) is 0.682. The summed E-state index contributed by atoms with van der Waals surface area (Å²) >= 11 is 0. The van der Waals surface area contributed by atoms with Gasteiger partial charge in [-0.1, -0.05) is 56.4 Å². The fourth-order valence-corrected chi connectivity index (χ4v) is 4.15. The Morgan fingerprint density at radius 2 is 1.79 bits per heavy atom. The highest BCUT2D eigenvalue weighted by atomic mass is 127. The van der Waals surface area contributed by atoms with Gasteiger partial charge in [0.25, 0.3) is 0 Å². The monoisotopic (exact) mass is 500 g/mol. The van der Waals surface area contributed by atoms with Crippen molar-refractivity contribution in [1.82, 2.24) is 15.5 Å². The first kappa shape index (κ1) is 23.4. The molecule has 28 heavy (non-hydrogen) atoms. The molecule has 1 aromatic rings. The molecule has 1 heterocycles. The highest BCUT2D eigenvalue weighted by molar-refractivity contribution is 14.0. The van der Waals surface area contributed by atoms with Crippen molar-refractivity contribution in [2.24, 2.45) is 10.9 Å². The van der Waals surface area contributed by atoms with E-state index in [9.17, 15) is 0 Å². The summed E-state index contributed by atoms with van der Waals surface area (Å²) in [5.41, 5.74) is 2.74. The highest BCUT2D eigenvalue weighted by Crippen LogP contribution is 2.25. The van der Waals surface area contributed by atoms with Crippen molar-refractivity contribution >= 4 is 29.9 Å². The summed E-state index contributed by atoms with van der Waals surface area (Å²) in [6, 6.07) is 8.72. The Hall–Kier alpha value is -0.860. The minimum absolute atomic E-state index is 0. The second kappa shape index (κ2) is 13.4. The molecule has 1 aliphatic heterocycles. The third-order valence-corrected chi connectivity index (χ3v) is 5.86. The molecule has 2 aliphatic rings. The van der Waals surface area contributed by atoms with E-state index >= 15 is 0 Å². The zero-order valence-electron chi connectivity index (χ0n) is 17.3. The van der Waals surface area contributed by atoms with Crippen LogP contribution in [0.5, 0.6) is 0 Å². The summed E-state index contributed by atoms with van der Waals surface area (Å²) in [6.07, 6.45) is 8.33. The molecule has 158 valence electrons. The van der Waals surface area contributed by atoms with Gasteiger partial charge in [0.15, 0.2) is 5.96 Å². The second-order valence-corrected chi connectivity index (χ2v) is 7.80. The zero-order valence-corrected chi connectivity index (χ0v) is 19.6. The van der Waals surface area contributed by atoms with Crippen LogP contribution in [0.4, 0.5) is 0 Å². The Bertz CT molecular complexity index is 584. The molecule has 6 heteroatoms. The fourth-order valence-electron chi connectivity index (χ4n) is 4.15. The Morgan fingerprint density at radius 1 is 1.07 bits per heavy atom. The summed E-state index contributed by atoms with van der Waals surface area (Å²) in [5.74, 6) is 1.81. The number of halogens is 1. The van der Waals surface area contributed by atoms with Gasteiger partial charge in [0.2, 0.25) is 0 Å². The van der Waals surface area contributed by atoms with Crippen LogP contribution in [-0.4, -0.2) is 50.8 Å². The minimum Gasteiger partial charge on any atom is -0.379 e. The highest BCUT2D eigenvalue weighted by Gasteiger charge is 2.14. The minimum atomic E-state index is 0. The van der Waals surface area contributed by atoms with Gasteiger partial charge in [-0.2, -0.15) is 0 Å². The maximum absolute atomic E-state index is 5.46. The SMILES string of the molecule is CN=C(NCCC1CCCCC1)NCc1ccccc1CN1CCOCC1.I. The predicted octanol–water partition coefficient (Wildman–Crippen LogP) is 3.77. The molecule has 0 atom stereocenters. The molecule has 2 N–H and O–H groups in total. The van der Waals surface area contributed by atoms with Crippen LogP contribution in [0.1, 0.15) is 49.7 Å². The van der Waals surface area contributed by atoms with Crippen molar-refractivity contribution in [3.05, 3.63) is 35.4 Å². The van der Waals surface area contributed by atoms with Crippen molar-refractivity contribution in [3.8, 4) is 0 Å². The Balaban J connectivity index is 0.00000280. The summed E-state index contributed by atoms with van der Waals surface area (Å²) < 4.78 is 5.46. The molecule has 0 amide bonds. The molecule has 1 aliphatic carbocycles. The van der Waals surface area contributed by atoms with Gasteiger partial charge in [0, 0.05) is 39.8 Å². The van der Waals surface area contributed by atoms with Crippen LogP contribution in [0.2, 0.25) is 0 Å². The van der Waals surface area contributed by atoms with Gasteiger partial charge in [0.05, 0.1) is 13.2 Å². The molecule has 5 nitrogen and oxygen atoms in total. The molecule has 2 fully saturated rings. The van der Waals surface area contributed by atoms with Gasteiger partial charge >= 0.3 is 0 Å². The summed E-state index contributed by atoms with van der Waals surface area (Å²) in [7, 11) is 1.86. The lowest BCUT2D eigenvalue weighted by Crippen LogP contribution is -2.38. The lowest BCUT2D eigenvalue weighted by atomic mass is 9.87. The number of nitrogens with one attached hydrogen (secondary N) is 2. The van der Waals surface area contributed by atoms with E-state index in [0.29, 0.717) is 0 Å². The van der Waals surface area contributed by atoms with Crippen molar-refractivity contribution in [2.75, 3.05) is 39.9 Å². The number of benzene rings is 1. The number of aliphatic imine (C=N–C) groups is 1. The largest absolute Gasteiger partial charge is 0.379 e. The average Bonchev–Trinajstić information content (AvgIpc) is 2.73. The number of ether oxygens (including phenoxy) is 1. The average molecular weight is 500 g/mol. The van der Waals surface area contributed by atoms with Crippen LogP contribution in [0.15, 0.2) is 29.3 Å². The Morgan fingerprint density at radius 3 is 2.50 bits per heavy atom. The Labute approximate surface area is 187 Å². The number of nitrogens with zero attached hydrogens (tertiary/aromatic N) is 2. The summed E-state index contributed by atoms with van der Waals surface area (Å²) in [5, 5.41) is 7.00. The van der Waals surface area contributed by atoms with E-state index in [0.717, 1.165) is 57.8 Å². The van der Waals surface area contributed by atoms with Crippen molar-refractivity contribution < 1.29 is 4.74 Å². The van der Waals surface area contributed by atoms with E-state index in [2.05, 4.69) is 44.8 Å². The molecule has 3 rings (SSSR count). The van der Waals surface area contributed by atoms with Crippen LogP contribution in [-0.2, 0) is 17.8 Å². The van der Waals surface area contributed by atoms with Gasteiger partial charge in [-0.05, 0) is 23.5 Å². The molecule has 1 saturated heterocycles. The van der Waals surface area contributed by atoms with Crippen molar-refractivity contribution in [3.63, 3.8) is 0 Å². The molecule has 0 unspecified atom stereocenters. The first-order valence-corrected chi connectivity index (χ1v) is 10.7. The van der Waals surface area contributed by atoms with Gasteiger partial charge in [-0.15, -0.1) is 24.0 Å². The third kappa shape index (κ3) is 7.87. The van der Waals surface area contributed by atoms with E-state index in [4.69, 9.17) is 4.74 Å². The van der Waals surface area contributed by atoms with Crippen molar-refractivity contribution in [2.45, 2.75) is 51.6 Å². The lowest BCUT2D eigenvalue weighted by Gasteiger charge is -2.27. The number of morpholine rings is 1. The van der Waals surface area contributed by atoms with E-state index < -0.39 is 0 Å². The first-order valence-electron chi connectivity index (χ1n) is 10.7. The number of guanidine groups is 1.